The lowest BCUT2D eigenvalue weighted by molar-refractivity contribution is 0.128. The summed E-state index contributed by atoms with van der Waals surface area (Å²) in [5.74, 6) is -0.527. The summed E-state index contributed by atoms with van der Waals surface area (Å²) >= 11 is 0. The second kappa shape index (κ2) is 3.02. The molecule has 1 saturated carbocycles. The topological polar surface area (TPSA) is 36.7 Å². The van der Waals surface area contributed by atoms with Gasteiger partial charge < -0.3 is 0 Å². The first-order valence-corrected chi connectivity index (χ1v) is 4.34. The third kappa shape index (κ3) is 1.17. The molecule has 0 unspecified atom stereocenters. The molecule has 0 aromatic carbocycles. The van der Waals surface area contributed by atoms with Crippen molar-refractivity contribution in [1.29, 1.82) is 5.26 Å². The Morgan fingerprint density at radius 2 is 2.29 bits per heavy atom. The Hall–Kier alpha value is -1.50. The molecule has 0 aliphatic heterocycles. The average molecular weight is 194 g/mol. The Kier molecular flexibility index (Phi) is 1.95. The molecular weight excluding hydrogens is 186 g/mol. The lowest BCUT2D eigenvalue weighted by Crippen LogP contribution is -2.42. The molecule has 72 valence electrons. The third-order valence-electron chi connectivity index (χ3n) is 2.57. The van der Waals surface area contributed by atoms with E-state index in [9.17, 15) is 8.78 Å². The first-order chi connectivity index (χ1) is 6.68. The number of hydrogen-bond donors (Lipinski definition) is 0. The Morgan fingerprint density at radius 1 is 1.57 bits per heavy atom. The van der Waals surface area contributed by atoms with Gasteiger partial charge in [0.2, 0.25) is 0 Å². The van der Waals surface area contributed by atoms with Gasteiger partial charge >= 0.3 is 0 Å². The van der Waals surface area contributed by atoms with Crippen LogP contribution in [-0.2, 0) is 5.41 Å². The molecule has 1 aromatic heterocycles. The van der Waals surface area contributed by atoms with Gasteiger partial charge in [-0.2, -0.15) is 5.26 Å². The molecule has 1 aliphatic rings. The van der Waals surface area contributed by atoms with Crippen LogP contribution in [0.4, 0.5) is 8.78 Å². The maximum Gasteiger partial charge on any atom is 0.146 e. The SMILES string of the molecule is N#CC1(c2ncccc2F)CC(F)C1. The van der Waals surface area contributed by atoms with Crippen LogP contribution in [0.3, 0.4) is 0 Å². The van der Waals surface area contributed by atoms with E-state index in [0.717, 1.165) is 0 Å². The number of pyridine rings is 1. The molecule has 0 spiro atoms. The highest BCUT2D eigenvalue weighted by Gasteiger charge is 2.49. The first kappa shape index (κ1) is 9.07. The van der Waals surface area contributed by atoms with Crippen LogP contribution < -0.4 is 0 Å². The number of nitriles is 1. The molecule has 0 bridgehead atoms. The standard InChI is InChI=1S/C10H8F2N2/c11-7-4-10(5-7,6-13)9-8(12)2-1-3-14-9/h1-3,7H,4-5H2. The van der Waals surface area contributed by atoms with E-state index < -0.39 is 17.4 Å². The van der Waals surface area contributed by atoms with Crippen LogP contribution in [-0.4, -0.2) is 11.2 Å². The summed E-state index contributed by atoms with van der Waals surface area (Å²) in [5.41, 5.74) is -0.957. The predicted octanol–water partition coefficient (Wildman–Crippen LogP) is 2.11. The Balaban J connectivity index is 2.40. The Labute approximate surface area is 80.2 Å². The van der Waals surface area contributed by atoms with Crippen molar-refractivity contribution in [1.82, 2.24) is 4.98 Å². The van der Waals surface area contributed by atoms with Gasteiger partial charge in [0.1, 0.15) is 17.4 Å². The first-order valence-electron chi connectivity index (χ1n) is 4.34. The van der Waals surface area contributed by atoms with Crippen molar-refractivity contribution in [2.24, 2.45) is 0 Å². The fourth-order valence-electron chi connectivity index (χ4n) is 1.77. The summed E-state index contributed by atoms with van der Waals surface area (Å²) in [5, 5.41) is 8.91. The second-order valence-corrected chi connectivity index (χ2v) is 3.53. The number of halogens is 2. The van der Waals surface area contributed by atoms with Crippen LogP contribution in [0.2, 0.25) is 0 Å². The molecule has 0 radical (unpaired) electrons. The number of rotatable bonds is 1. The molecular formula is C10H8F2N2. The van der Waals surface area contributed by atoms with Crippen molar-refractivity contribution < 1.29 is 8.78 Å². The maximum absolute atomic E-state index is 13.3. The summed E-state index contributed by atoms with van der Waals surface area (Å²) in [6.45, 7) is 0. The van der Waals surface area contributed by atoms with Gasteiger partial charge in [0.15, 0.2) is 0 Å². The summed E-state index contributed by atoms with van der Waals surface area (Å²) in [6, 6.07) is 4.66. The van der Waals surface area contributed by atoms with E-state index in [1.54, 1.807) is 0 Å². The van der Waals surface area contributed by atoms with Crippen molar-refractivity contribution in [2.75, 3.05) is 0 Å². The van der Waals surface area contributed by atoms with Crippen molar-refractivity contribution in [3.05, 3.63) is 29.8 Å². The lowest BCUT2D eigenvalue weighted by atomic mass is 9.66. The van der Waals surface area contributed by atoms with Gasteiger partial charge in [-0.15, -0.1) is 0 Å². The second-order valence-electron chi connectivity index (χ2n) is 3.53. The van der Waals surface area contributed by atoms with Crippen LogP contribution in [0.15, 0.2) is 18.3 Å². The molecule has 2 nitrogen and oxygen atoms in total. The number of hydrogen-bond acceptors (Lipinski definition) is 2. The largest absolute Gasteiger partial charge is 0.257 e. The van der Waals surface area contributed by atoms with Gasteiger partial charge in [0.05, 0.1) is 11.8 Å². The minimum absolute atomic E-state index is 0.0530. The Bertz CT molecular complexity index is 391. The molecule has 0 saturated heterocycles. The van der Waals surface area contributed by atoms with Crippen molar-refractivity contribution in [3.63, 3.8) is 0 Å². The maximum atomic E-state index is 13.3. The van der Waals surface area contributed by atoms with E-state index in [-0.39, 0.29) is 18.5 Å². The highest BCUT2D eigenvalue weighted by molar-refractivity contribution is 5.32. The molecule has 1 aliphatic carbocycles. The molecule has 0 atom stereocenters. The van der Waals surface area contributed by atoms with E-state index >= 15 is 0 Å². The number of nitrogens with zero attached hydrogens (tertiary/aromatic N) is 2. The Morgan fingerprint density at radius 3 is 2.79 bits per heavy atom. The van der Waals surface area contributed by atoms with Gasteiger partial charge in [-0.25, -0.2) is 8.78 Å². The van der Waals surface area contributed by atoms with E-state index in [1.807, 2.05) is 6.07 Å². The van der Waals surface area contributed by atoms with Crippen molar-refractivity contribution >= 4 is 0 Å². The quantitative estimate of drug-likeness (QED) is 0.686. The third-order valence-corrected chi connectivity index (χ3v) is 2.57. The fourth-order valence-corrected chi connectivity index (χ4v) is 1.77. The molecule has 0 N–H and O–H groups in total. The zero-order valence-corrected chi connectivity index (χ0v) is 7.37. The van der Waals surface area contributed by atoms with Crippen LogP contribution in [0.1, 0.15) is 18.5 Å². The highest BCUT2D eigenvalue weighted by atomic mass is 19.1. The van der Waals surface area contributed by atoms with E-state index in [4.69, 9.17) is 5.26 Å². The minimum Gasteiger partial charge on any atom is -0.257 e. The molecule has 1 aromatic rings. The summed E-state index contributed by atoms with van der Waals surface area (Å²) in [7, 11) is 0. The smallest absolute Gasteiger partial charge is 0.146 e. The molecule has 1 fully saturated rings. The monoisotopic (exact) mass is 194 g/mol. The van der Waals surface area contributed by atoms with Gasteiger partial charge in [0.25, 0.3) is 0 Å². The number of aromatic nitrogens is 1. The number of alkyl halides is 1. The zero-order chi connectivity index (χ0) is 10.2. The molecule has 14 heavy (non-hydrogen) atoms. The summed E-state index contributed by atoms with van der Waals surface area (Å²) in [4.78, 5) is 3.81. The van der Waals surface area contributed by atoms with E-state index in [2.05, 4.69) is 4.98 Å². The molecule has 0 amide bonds. The lowest BCUT2D eigenvalue weighted by Gasteiger charge is -2.37. The van der Waals surface area contributed by atoms with Gasteiger partial charge in [-0.3, -0.25) is 4.98 Å². The minimum atomic E-state index is -1.04. The molecule has 4 heteroatoms. The van der Waals surface area contributed by atoms with Gasteiger partial charge in [-0.1, -0.05) is 0 Å². The normalized spacial score (nSPS) is 30.5. The van der Waals surface area contributed by atoms with Crippen LogP contribution in [0, 0.1) is 17.1 Å². The van der Waals surface area contributed by atoms with E-state index in [0.29, 0.717) is 0 Å². The van der Waals surface area contributed by atoms with Crippen LogP contribution >= 0.6 is 0 Å². The molecule has 2 rings (SSSR count). The summed E-state index contributed by atoms with van der Waals surface area (Å²) < 4.78 is 26.0. The predicted molar refractivity (Wildman–Crippen MR) is 45.6 cm³/mol. The van der Waals surface area contributed by atoms with Gasteiger partial charge in [-0.05, 0) is 12.1 Å². The summed E-state index contributed by atoms with van der Waals surface area (Å²) in [6.07, 6.45) is 0.522. The van der Waals surface area contributed by atoms with Crippen molar-refractivity contribution in [2.45, 2.75) is 24.4 Å². The zero-order valence-electron chi connectivity index (χ0n) is 7.37. The average Bonchev–Trinajstić information content (AvgIpc) is 2.14. The molecule has 1 heterocycles. The van der Waals surface area contributed by atoms with Crippen molar-refractivity contribution in [3.8, 4) is 6.07 Å². The van der Waals surface area contributed by atoms with Crippen LogP contribution in [0.5, 0.6) is 0 Å². The van der Waals surface area contributed by atoms with Gasteiger partial charge in [0, 0.05) is 19.0 Å². The highest BCUT2D eigenvalue weighted by Crippen LogP contribution is 2.44. The van der Waals surface area contributed by atoms with E-state index in [1.165, 1.54) is 18.3 Å². The fraction of sp³-hybridized carbons (Fsp3) is 0.400. The van der Waals surface area contributed by atoms with Crippen LogP contribution in [0.25, 0.3) is 0 Å².